The lowest BCUT2D eigenvalue weighted by Gasteiger charge is -2.21. The van der Waals surface area contributed by atoms with Crippen LogP contribution in [0.2, 0.25) is 0 Å². The van der Waals surface area contributed by atoms with Crippen LogP contribution >= 0.6 is 11.8 Å². The quantitative estimate of drug-likeness (QED) is 0.634. The van der Waals surface area contributed by atoms with Gasteiger partial charge in [-0.25, -0.2) is 4.79 Å². The van der Waals surface area contributed by atoms with E-state index in [1.54, 1.807) is 12.1 Å². The van der Waals surface area contributed by atoms with Crippen molar-refractivity contribution < 1.29 is 14.7 Å². The minimum Gasteiger partial charge on any atom is -0.478 e. The van der Waals surface area contributed by atoms with Crippen LogP contribution in [0.3, 0.4) is 0 Å². The number of carbonyl (C=O) groups is 2. The van der Waals surface area contributed by atoms with Gasteiger partial charge in [0, 0.05) is 34.1 Å². The van der Waals surface area contributed by atoms with Gasteiger partial charge >= 0.3 is 5.97 Å². The van der Waals surface area contributed by atoms with Crippen molar-refractivity contribution in [3.05, 3.63) is 53.1 Å². The van der Waals surface area contributed by atoms with E-state index in [1.807, 2.05) is 24.3 Å². The van der Waals surface area contributed by atoms with Gasteiger partial charge in [0.1, 0.15) is 0 Å². The maximum absolute atomic E-state index is 12.6. The van der Waals surface area contributed by atoms with Gasteiger partial charge in [0.25, 0.3) is 5.91 Å². The number of hydrogen-bond acceptors (Lipinski definition) is 4. The molecule has 1 amide bonds. The first-order valence-electron chi connectivity index (χ1n) is 10.3. The number of anilines is 1. The summed E-state index contributed by atoms with van der Waals surface area (Å²) in [5, 5.41) is 15.7. The molecule has 152 valence electrons. The van der Waals surface area contributed by atoms with Gasteiger partial charge in [-0.05, 0) is 48.2 Å². The van der Waals surface area contributed by atoms with Crippen molar-refractivity contribution in [1.82, 2.24) is 5.32 Å². The van der Waals surface area contributed by atoms with Gasteiger partial charge < -0.3 is 15.7 Å². The number of carboxylic acids is 1. The van der Waals surface area contributed by atoms with E-state index in [-0.39, 0.29) is 11.5 Å². The van der Waals surface area contributed by atoms with E-state index < -0.39 is 5.97 Å². The summed E-state index contributed by atoms with van der Waals surface area (Å²) in [5.41, 5.74) is 2.89. The van der Waals surface area contributed by atoms with Gasteiger partial charge in [-0.15, -0.1) is 0 Å². The van der Waals surface area contributed by atoms with Crippen molar-refractivity contribution in [2.75, 3.05) is 11.9 Å². The molecule has 2 aromatic carbocycles. The highest BCUT2D eigenvalue weighted by Gasteiger charge is 2.18. The minimum atomic E-state index is -0.925. The highest BCUT2D eigenvalue weighted by atomic mass is 32.2. The molecule has 6 heteroatoms. The van der Waals surface area contributed by atoms with Gasteiger partial charge in [-0.1, -0.05) is 49.9 Å². The van der Waals surface area contributed by atoms with Gasteiger partial charge in [-0.2, -0.15) is 0 Å². The van der Waals surface area contributed by atoms with Gasteiger partial charge in [0.05, 0.1) is 5.56 Å². The molecule has 1 saturated carbocycles. The molecule has 0 saturated heterocycles. The molecule has 0 aromatic heterocycles. The van der Waals surface area contributed by atoms with Crippen LogP contribution in [0.25, 0.3) is 0 Å². The summed E-state index contributed by atoms with van der Waals surface area (Å²) in [6, 6.07) is 10.9. The normalized spacial score (nSPS) is 16.1. The molecule has 0 unspecified atom stereocenters. The number of nitrogens with one attached hydrogen (secondary N) is 2. The molecule has 1 fully saturated rings. The maximum atomic E-state index is 12.6. The molecule has 0 radical (unpaired) electrons. The predicted molar refractivity (Wildman–Crippen MR) is 115 cm³/mol. The average Bonchev–Trinajstić information content (AvgIpc) is 2.92. The van der Waals surface area contributed by atoms with Gasteiger partial charge in [0.15, 0.2) is 0 Å². The molecule has 1 heterocycles. The lowest BCUT2D eigenvalue weighted by atomic mass is 9.87. The molecular formula is C23H26N2O3S. The molecule has 1 aliphatic carbocycles. The van der Waals surface area contributed by atoms with Crippen LogP contribution in [0.5, 0.6) is 0 Å². The minimum absolute atomic E-state index is 0.0367. The van der Waals surface area contributed by atoms with Gasteiger partial charge in [-0.3, -0.25) is 4.79 Å². The van der Waals surface area contributed by atoms with E-state index in [0.717, 1.165) is 39.9 Å². The molecule has 0 spiro atoms. The molecule has 2 aromatic rings. The van der Waals surface area contributed by atoms with Crippen LogP contribution in [0, 0.1) is 5.92 Å². The number of carboxylic acid groups (broad SMARTS) is 1. The van der Waals surface area contributed by atoms with Crippen LogP contribution in [-0.4, -0.2) is 23.5 Å². The summed E-state index contributed by atoms with van der Waals surface area (Å²) in [5.74, 6) is -0.209. The largest absolute Gasteiger partial charge is 0.478 e. The van der Waals surface area contributed by atoms with Crippen LogP contribution in [-0.2, 0) is 6.54 Å². The molecule has 3 N–H and O–H groups in total. The molecule has 2 aliphatic rings. The Bertz CT molecular complexity index is 922. The Kier molecular flexibility index (Phi) is 6.09. The number of rotatable bonds is 5. The van der Waals surface area contributed by atoms with E-state index >= 15 is 0 Å². The van der Waals surface area contributed by atoms with Crippen molar-refractivity contribution in [3.8, 4) is 0 Å². The Morgan fingerprint density at radius 1 is 1.03 bits per heavy atom. The second kappa shape index (κ2) is 8.91. The first kappa shape index (κ1) is 19.8. The summed E-state index contributed by atoms with van der Waals surface area (Å²) in [7, 11) is 0. The van der Waals surface area contributed by atoms with Crippen molar-refractivity contribution in [3.63, 3.8) is 0 Å². The standard InChI is InChI=1S/C23H26N2O3S/c26-22(24-11-10-15-4-2-1-3-5-15)16-8-9-20-19(12-16)25-14-18-7-6-17(23(27)28)13-21(18)29-20/h6-9,12-13,15,25H,1-5,10-11,14H2,(H,24,26)(H,27,28). The Morgan fingerprint density at radius 2 is 1.83 bits per heavy atom. The number of aromatic carboxylic acids is 1. The van der Waals surface area contributed by atoms with Crippen molar-refractivity contribution >= 4 is 29.3 Å². The number of amides is 1. The van der Waals surface area contributed by atoms with E-state index in [9.17, 15) is 14.7 Å². The number of hydrogen-bond donors (Lipinski definition) is 3. The second-order valence-electron chi connectivity index (χ2n) is 7.84. The smallest absolute Gasteiger partial charge is 0.335 e. The first-order valence-corrected chi connectivity index (χ1v) is 11.1. The van der Waals surface area contributed by atoms with Crippen LogP contribution in [0.1, 0.15) is 64.8 Å². The first-order chi connectivity index (χ1) is 14.1. The summed E-state index contributed by atoms with van der Waals surface area (Å²) in [4.78, 5) is 25.8. The third-order valence-corrected chi connectivity index (χ3v) is 6.98. The molecule has 4 rings (SSSR count). The molecular weight excluding hydrogens is 384 g/mol. The molecule has 29 heavy (non-hydrogen) atoms. The highest BCUT2D eigenvalue weighted by molar-refractivity contribution is 7.99. The zero-order chi connectivity index (χ0) is 20.2. The molecule has 0 atom stereocenters. The number of fused-ring (bicyclic) bond motifs is 2. The summed E-state index contributed by atoms with van der Waals surface area (Å²) >= 11 is 1.53. The summed E-state index contributed by atoms with van der Waals surface area (Å²) in [6.45, 7) is 1.33. The van der Waals surface area contributed by atoms with E-state index in [0.29, 0.717) is 12.1 Å². The van der Waals surface area contributed by atoms with Crippen molar-refractivity contribution in [2.24, 2.45) is 5.92 Å². The summed E-state index contributed by atoms with van der Waals surface area (Å²) in [6.07, 6.45) is 7.64. The number of benzene rings is 2. The highest BCUT2D eigenvalue weighted by Crippen LogP contribution is 2.39. The SMILES string of the molecule is O=C(O)c1ccc2c(c1)Sc1ccc(C(=O)NCCC3CCCCC3)cc1NC2. The predicted octanol–water partition coefficient (Wildman–Crippen LogP) is 5.16. The van der Waals surface area contributed by atoms with Crippen molar-refractivity contribution in [2.45, 2.75) is 54.9 Å². The lowest BCUT2D eigenvalue weighted by Crippen LogP contribution is -2.26. The fourth-order valence-corrected chi connectivity index (χ4v) is 5.17. The maximum Gasteiger partial charge on any atom is 0.335 e. The average molecular weight is 411 g/mol. The van der Waals surface area contributed by atoms with E-state index in [4.69, 9.17) is 0 Å². The van der Waals surface area contributed by atoms with Crippen LogP contribution < -0.4 is 10.6 Å². The van der Waals surface area contributed by atoms with Crippen molar-refractivity contribution in [1.29, 1.82) is 0 Å². The fraction of sp³-hybridized carbons (Fsp3) is 0.391. The zero-order valence-corrected chi connectivity index (χ0v) is 17.2. The second-order valence-corrected chi connectivity index (χ2v) is 8.93. The third kappa shape index (κ3) is 4.75. The summed E-state index contributed by atoms with van der Waals surface area (Å²) < 4.78 is 0. The Balaban J connectivity index is 1.42. The Hall–Kier alpha value is -2.47. The fourth-order valence-electron chi connectivity index (χ4n) is 4.10. The van der Waals surface area contributed by atoms with Crippen LogP contribution in [0.4, 0.5) is 5.69 Å². The topological polar surface area (TPSA) is 78.4 Å². The monoisotopic (exact) mass is 410 g/mol. The molecule has 0 bridgehead atoms. The van der Waals surface area contributed by atoms with Crippen LogP contribution in [0.15, 0.2) is 46.2 Å². The van der Waals surface area contributed by atoms with Gasteiger partial charge in [0.2, 0.25) is 0 Å². The molecule has 5 nitrogen and oxygen atoms in total. The Morgan fingerprint density at radius 3 is 2.62 bits per heavy atom. The third-order valence-electron chi connectivity index (χ3n) is 5.81. The Labute approximate surface area is 175 Å². The molecule has 1 aliphatic heterocycles. The van der Waals surface area contributed by atoms with E-state index in [1.165, 1.54) is 43.9 Å². The number of carbonyl (C=O) groups excluding carboxylic acids is 1. The lowest BCUT2D eigenvalue weighted by molar-refractivity contribution is 0.0696. The van der Waals surface area contributed by atoms with E-state index in [2.05, 4.69) is 10.6 Å². The zero-order valence-electron chi connectivity index (χ0n) is 16.4.